The van der Waals surface area contributed by atoms with Crippen molar-refractivity contribution < 1.29 is 9.13 Å². The van der Waals surface area contributed by atoms with Crippen molar-refractivity contribution >= 4 is 29.9 Å². The molecular weight excluding hydrogens is 446 g/mol. The summed E-state index contributed by atoms with van der Waals surface area (Å²) < 4.78 is 19.1. The van der Waals surface area contributed by atoms with Crippen LogP contribution < -0.4 is 10.6 Å². The van der Waals surface area contributed by atoms with Crippen LogP contribution in [-0.4, -0.2) is 56.8 Å². The Morgan fingerprint density at radius 1 is 1.35 bits per heavy atom. The maximum absolute atomic E-state index is 13.8. The zero-order valence-electron chi connectivity index (χ0n) is 16.1. The van der Waals surface area contributed by atoms with Gasteiger partial charge >= 0.3 is 0 Å². The van der Waals surface area contributed by atoms with E-state index < -0.39 is 0 Å². The van der Waals surface area contributed by atoms with Crippen molar-refractivity contribution in [1.82, 2.24) is 15.5 Å². The van der Waals surface area contributed by atoms with Gasteiger partial charge in [-0.2, -0.15) is 0 Å². The number of ether oxygens (including phenoxy) is 1. The molecule has 0 aliphatic carbocycles. The first-order valence-corrected chi connectivity index (χ1v) is 9.21. The molecule has 1 aromatic carbocycles. The number of nitrogens with zero attached hydrogens (tertiary/aromatic N) is 2. The minimum Gasteiger partial charge on any atom is -0.379 e. The zero-order valence-corrected chi connectivity index (χ0v) is 18.4. The third kappa shape index (κ3) is 7.75. The Balaban J connectivity index is 0.00000338. The third-order valence-corrected chi connectivity index (χ3v) is 4.40. The quantitative estimate of drug-likeness (QED) is 0.274. The molecule has 26 heavy (non-hydrogen) atoms. The van der Waals surface area contributed by atoms with Crippen molar-refractivity contribution in [3.8, 4) is 0 Å². The summed E-state index contributed by atoms with van der Waals surface area (Å²) in [5.41, 5.74) is 1.58. The van der Waals surface area contributed by atoms with Gasteiger partial charge < -0.3 is 15.4 Å². The van der Waals surface area contributed by atoms with E-state index in [4.69, 9.17) is 4.74 Å². The maximum Gasteiger partial charge on any atom is 0.191 e. The molecule has 0 aromatic heterocycles. The van der Waals surface area contributed by atoms with E-state index in [0.717, 1.165) is 63.9 Å². The summed E-state index contributed by atoms with van der Waals surface area (Å²) in [5, 5.41) is 6.62. The Morgan fingerprint density at radius 2 is 2.08 bits per heavy atom. The highest BCUT2D eigenvalue weighted by Gasteiger charge is 2.11. The lowest BCUT2D eigenvalue weighted by Crippen LogP contribution is -2.39. The summed E-state index contributed by atoms with van der Waals surface area (Å²) in [4.78, 5) is 7.06. The van der Waals surface area contributed by atoms with Gasteiger partial charge in [0.05, 0.1) is 19.3 Å². The summed E-state index contributed by atoms with van der Waals surface area (Å²) >= 11 is 0. The Bertz CT molecular complexity index is 564. The molecule has 148 valence electrons. The first kappa shape index (κ1) is 23.1. The van der Waals surface area contributed by atoms with Gasteiger partial charge in [-0.3, -0.25) is 9.89 Å². The van der Waals surface area contributed by atoms with E-state index in [0.29, 0.717) is 5.56 Å². The van der Waals surface area contributed by atoms with Crippen LogP contribution in [0.3, 0.4) is 0 Å². The van der Waals surface area contributed by atoms with Crippen LogP contribution in [0.5, 0.6) is 0 Å². The van der Waals surface area contributed by atoms with Crippen LogP contribution in [0.1, 0.15) is 37.4 Å². The van der Waals surface area contributed by atoms with Crippen LogP contribution in [0, 0.1) is 12.7 Å². The maximum atomic E-state index is 13.8. The minimum absolute atomic E-state index is 0. The fourth-order valence-electron chi connectivity index (χ4n) is 2.80. The number of hydrogen-bond acceptors (Lipinski definition) is 3. The van der Waals surface area contributed by atoms with Crippen molar-refractivity contribution in [1.29, 1.82) is 0 Å². The predicted molar refractivity (Wildman–Crippen MR) is 116 cm³/mol. The molecule has 0 bridgehead atoms. The third-order valence-electron chi connectivity index (χ3n) is 4.40. The number of hydrogen-bond donors (Lipinski definition) is 2. The number of guanidine groups is 1. The smallest absolute Gasteiger partial charge is 0.191 e. The minimum atomic E-state index is -0.168. The number of rotatable bonds is 7. The lowest BCUT2D eigenvalue weighted by molar-refractivity contribution is 0.0377. The first-order valence-electron chi connectivity index (χ1n) is 9.21. The molecular formula is C19H32FIN4O. The van der Waals surface area contributed by atoms with E-state index in [2.05, 4.69) is 20.5 Å². The van der Waals surface area contributed by atoms with Crippen LogP contribution in [0.15, 0.2) is 23.2 Å². The van der Waals surface area contributed by atoms with Crippen LogP contribution in [0.2, 0.25) is 0 Å². The van der Waals surface area contributed by atoms with Gasteiger partial charge in [0.15, 0.2) is 5.96 Å². The summed E-state index contributed by atoms with van der Waals surface area (Å²) in [6.07, 6.45) is 1.02. The van der Waals surface area contributed by atoms with Crippen LogP contribution in [0.4, 0.5) is 4.39 Å². The van der Waals surface area contributed by atoms with E-state index in [1.54, 1.807) is 13.0 Å². The van der Waals surface area contributed by atoms with Gasteiger partial charge in [0.2, 0.25) is 0 Å². The number of aryl methyl sites for hydroxylation is 1. The highest BCUT2D eigenvalue weighted by Crippen LogP contribution is 2.16. The van der Waals surface area contributed by atoms with Gasteiger partial charge in [0, 0.05) is 32.7 Å². The van der Waals surface area contributed by atoms with Crippen LogP contribution in [-0.2, 0) is 4.74 Å². The largest absolute Gasteiger partial charge is 0.379 e. The molecule has 1 aliphatic rings. The molecule has 0 saturated carbocycles. The second-order valence-corrected chi connectivity index (χ2v) is 6.44. The molecule has 1 saturated heterocycles. The van der Waals surface area contributed by atoms with E-state index in [9.17, 15) is 4.39 Å². The van der Waals surface area contributed by atoms with Gasteiger partial charge in [0.25, 0.3) is 0 Å². The molecule has 1 fully saturated rings. The molecule has 0 radical (unpaired) electrons. The number of nitrogens with one attached hydrogen (secondary N) is 2. The molecule has 1 atom stereocenters. The van der Waals surface area contributed by atoms with Gasteiger partial charge in [-0.05, 0) is 44.4 Å². The molecule has 7 heteroatoms. The number of benzene rings is 1. The van der Waals surface area contributed by atoms with E-state index in [-0.39, 0.29) is 35.8 Å². The van der Waals surface area contributed by atoms with Crippen molar-refractivity contribution in [3.63, 3.8) is 0 Å². The summed E-state index contributed by atoms with van der Waals surface area (Å²) in [6.45, 7) is 12.1. The summed E-state index contributed by atoms with van der Waals surface area (Å²) in [6, 6.07) is 5.36. The standard InChI is InChI=1S/C19H31FN4O.HI/c1-4-21-19(22-8-5-9-24-10-12-25-13-11-24)23-16(3)17-7-6-15(2)18(20)14-17;/h6-7,14,16H,4-5,8-13H2,1-3H3,(H2,21,22,23);1H. The lowest BCUT2D eigenvalue weighted by atomic mass is 10.1. The van der Waals surface area contributed by atoms with E-state index in [1.807, 2.05) is 26.0 Å². The summed E-state index contributed by atoms with van der Waals surface area (Å²) in [7, 11) is 0. The van der Waals surface area contributed by atoms with Crippen molar-refractivity contribution in [2.24, 2.45) is 4.99 Å². The highest BCUT2D eigenvalue weighted by atomic mass is 127. The highest BCUT2D eigenvalue weighted by molar-refractivity contribution is 14.0. The van der Waals surface area contributed by atoms with Gasteiger partial charge in [-0.25, -0.2) is 4.39 Å². The Kier molecular flexibility index (Phi) is 11.1. The Morgan fingerprint density at radius 3 is 2.73 bits per heavy atom. The average Bonchev–Trinajstić information content (AvgIpc) is 2.62. The first-order chi connectivity index (χ1) is 12.1. The fraction of sp³-hybridized carbons (Fsp3) is 0.632. The topological polar surface area (TPSA) is 48.9 Å². The monoisotopic (exact) mass is 478 g/mol. The van der Waals surface area contributed by atoms with Gasteiger partial charge in [-0.15, -0.1) is 24.0 Å². The van der Waals surface area contributed by atoms with E-state index in [1.165, 1.54) is 0 Å². The molecule has 0 amide bonds. The molecule has 1 heterocycles. The van der Waals surface area contributed by atoms with Gasteiger partial charge in [-0.1, -0.05) is 12.1 Å². The summed E-state index contributed by atoms with van der Waals surface area (Å²) in [5.74, 6) is 0.608. The lowest BCUT2D eigenvalue weighted by Gasteiger charge is -2.26. The van der Waals surface area contributed by atoms with Crippen LogP contribution >= 0.6 is 24.0 Å². The number of aliphatic imine (C=N–C) groups is 1. The zero-order chi connectivity index (χ0) is 18.1. The molecule has 1 unspecified atom stereocenters. The van der Waals surface area contributed by atoms with Crippen molar-refractivity contribution in [2.75, 3.05) is 45.9 Å². The van der Waals surface area contributed by atoms with Gasteiger partial charge in [0.1, 0.15) is 5.82 Å². The normalized spacial score (nSPS) is 16.7. The van der Waals surface area contributed by atoms with Crippen molar-refractivity contribution in [2.45, 2.75) is 33.2 Å². The molecule has 0 spiro atoms. The van der Waals surface area contributed by atoms with Crippen LogP contribution in [0.25, 0.3) is 0 Å². The Hall–Kier alpha value is -0.930. The van der Waals surface area contributed by atoms with Crippen molar-refractivity contribution in [3.05, 3.63) is 35.1 Å². The molecule has 1 aliphatic heterocycles. The Labute approximate surface area is 173 Å². The van der Waals surface area contributed by atoms with E-state index >= 15 is 0 Å². The second kappa shape index (κ2) is 12.5. The fourth-order valence-corrected chi connectivity index (χ4v) is 2.80. The molecule has 2 N–H and O–H groups in total. The average molecular weight is 478 g/mol. The molecule has 2 rings (SSSR count). The second-order valence-electron chi connectivity index (χ2n) is 6.44. The molecule has 1 aromatic rings. The number of halogens is 2. The number of morpholine rings is 1. The predicted octanol–water partition coefficient (Wildman–Crippen LogP) is 3.09. The molecule has 5 nitrogen and oxygen atoms in total. The SMILES string of the molecule is CCNC(=NCCCN1CCOCC1)NC(C)c1ccc(C)c(F)c1.I.